The van der Waals surface area contributed by atoms with Crippen LogP contribution in [-0.2, 0) is 12.0 Å². The van der Waals surface area contributed by atoms with Crippen molar-refractivity contribution in [3.8, 4) is 0 Å². The molecular weight excluding hydrogens is 360 g/mol. The fourth-order valence-electron chi connectivity index (χ4n) is 4.69. The Balaban J connectivity index is 1.41. The number of amides is 1. The number of likely N-dealkylation sites (tertiary alicyclic amines) is 1. The summed E-state index contributed by atoms with van der Waals surface area (Å²) in [7, 11) is 0. The molecule has 5 nitrogen and oxygen atoms in total. The number of hydrogen-bond acceptors (Lipinski definition) is 4. The molecule has 3 aromatic rings. The third-order valence-corrected chi connectivity index (χ3v) is 6.16. The van der Waals surface area contributed by atoms with Crippen LogP contribution in [0.2, 0.25) is 0 Å². The molecule has 1 saturated heterocycles. The average Bonchev–Trinajstić information content (AvgIpc) is 3.31. The van der Waals surface area contributed by atoms with Crippen molar-refractivity contribution < 1.29 is 4.79 Å². The first kappa shape index (κ1) is 17.9. The number of carbonyl (C=O) groups is 1. The van der Waals surface area contributed by atoms with Gasteiger partial charge in [0.1, 0.15) is 0 Å². The lowest BCUT2D eigenvalue weighted by molar-refractivity contribution is 0.0784. The maximum atomic E-state index is 13.1. The van der Waals surface area contributed by atoms with Gasteiger partial charge in [-0.2, -0.15) is 0 Å². The fraction of sp³-hybridized carbons (Fsp3) is 0.292. The van der Waals surface area contributed by atoms with E-state index < -0.39 is 0 Å². The number of nitrogens with zero attached hydrogens (tertiary/aromatic N) is 4. The van der Waals surface area contributed by atoms with Crippen LogP contribution in [0.25, 0.3) is 0 Å². The monoisotopic (exact) mass is 384 g/mol. The Bertz CT molecular complexity index is 1030. The lowest BCUT2D eigenvalue weighted by atomic mass is 9.85. The number of rotatable bonds is 3. The molecule has 29 heavy (non-hydrogen) atoms. The molecule has 146 valence electrons. The third kappa shape index (κ3) is 3.16. The van der Waals surface area contributed by atoms with Crippen molar-refractivity contribution in [3.63, 3.8) is 0 Å². The quantitative estimate of drug-likeness (QED) is 0.692. The highest BCUT2D eigenvalue weighted by atomic mass is 16.2. The number of carbonyl (C=O) groups excluding carboxylic acids is 1. The molecule has 0 saturated carbocycles. The SMILES string of the molecule is Cc1ccc(C(=O)N2CC[C@@]3(C2)CN(Cc2cccnc2)c2cccnc23)cc1. The van der Waals surface area contributed by atoms with Gasteiger partial charge in [0.2, 0.25) is 0 Å². The molecule has 2 aliphatic heterocycles. The average molecular weight is 384 g/mol. The van der Waals surface area contributed by atoms with Gasteiger partial charge in [-0.3, -0.25) is 14.8 Å². The van der Waals surface area contributed by atoms with Gasteiger partial charge in [-0.15, -0.1) is 0 Å². The van der Waals surface area contributed by atoms with Gasteiger partial charge in [-0.25, -0.2) is 0 Å². The number of pyridine rings is 2. The molecule has 4 heterocycles. The number of hydrogen-bond donors (Lipinski definition) is 0. The van der Waals surface area contributed by atoms with Crippen LogP contribution in [0.1, 0.15) is 33.6 Å². The van der Waals surface area contributed by atoms with Crippen LogP contribution >= 0.6 is 0 Å². The minimum absolute atomic E-state index is 0.0981. The summed E-state index contributed by atoms with van der Waals surface area (Å²) >= 11 is 0. The number of benzene rings is 1. The lowest BCUT2D eigenvalue weighted by Gasteiger charge is -2.26. The predicted octanol–water partition coefficient (Wildman–Crippen LogP) is 3.59. The highest BCUT2D eigenvalue weighted by Crippen LogP contribution is 2.45. The first-order valence-corrected chi connectivity index (χ1v) is 10.1. The van der Waals surface area contributed by atoms with Crippen LogP contribution in [0.3, 0.4) is 0 Å². The van der Waals surface area contributed by atoms with Gasteiger partial charge in [-0.1, -0.05) is 23.8 Å². The molecule has 2 aliphatic rings. The molecule has 5 heteroatoms. The molecule has 1 atom stereocenters. The zero-order valence-corrected chi connectivity index (χ0v) is 16.6. The highest BCUT2D eigenvalue weighted by Gasteiger charge is 2.49. The lowest BCUT2D eigenvalue weighted by Crippen LogP contribution is -2.38. The Hall–Kier alpha value is -3.21. The molecule has 0 bridgehead atoms. The standard InChI is InChI=1S/C24H24N4O/c1-18-6-8-20(9-7-18)23(29)27-13-10-24(16-27)17-28(15-19-4-2-11-25-14-19)21-5-3-12-26-22(21)24/h2-9,11-12,14H,10,13,15-17H2,1H3/t24-/m1/s1. The topological polar surface area (TPSA) is 49.3 Å². The summed E-state index contributed by atoms with van der Waals surface area (Å²) in [6.07, 6.45) is 6.54. The van der Waals surface area contributed by atoms with Crippen molar-refractivity contribution in [2.45, 2.75) is 25.3 Å². The Morgan fingerprint density at radius 1 is 1.07 bits per heavy atom. The maximum Gasteiger partial charge on any atom is 0.253 e. The molecule has 2 aromatic heterocycles. The van der Waals surface area contributed by atoms with Crippen LogP contribution in [0.15, 0.2) is 67.1 Å². The normalized spacial score (nSPS) is 20.3. The van der Waals surface area contributed by atoms with Crippen molar-refractivity contribution in [1.29, 1.82) is 0 Å². The van der Waals surface area contributed by atoms with E-state index in [1.807, 2.05) is 60.6 Å². The van der Waals surface area contributed by atoms with Gasteiger partial charge in [0, 0.05) is 50.3 Å². The van der Waals surface area contributed by atoms with Crippen molar-refractivity contribution >= 4 is 11.6 Å². The van der Waals surface area contributed by atoms with Crippen LogP contribution in [0, 0.1) is 6.92 Å². The largest absolute Gasteiger partial charge is 0.365 e. The van der Waals surface area contributed by atoms with Crippen LogP contribution in [0.5, 0.6) is 0 Å². The zero-order valence-electron chi connectivity index (χ0n) is 16.6. The predicted molar refractivity (Wildman–Crippen MR) is 113 cm³/mol. The summed E-state index contributed by atoms with van der Waals surface area (Å²) in [6.45, 7) is 5.21. The first-order chi connectivity index (χ1) is 14.1. The van der Waals surface area contributed by atoms with E-state index in [0.717, 1.165) is 37.3 Å². The second-order valence-electron chi connectivity index (χ2n) is 8.21. The summed E-state index contributed by atoms with van der Waals surface area (Å²) < 4.78 is 0. The van der Waals surface area contributed by atoms with Gasteiger partial charge in [0.25, 0.3) is 5.91 Å². The molecule has 5 rings (SSSR count). The van der Waals surface area contributed by atoms with E-state index in [1.165, 1.54) is 16.8 Å². The Morgan fingerprint density at radius 2 is 1.90 bits per heavy atom. The van der Waals surface area contributed by atoms with E-state index in [0.29, 0.717) is 6.54 Å². The number of aromatic nitrogens is 2. The summed E-state index contributed by atoms with van der Waals surface area (Å²) in [5, 5.41) is 0. The fourth-order valence-corrected chi connectivity index (χ4v) is 4.69. The maximum absolute atomic E-state index is 13.1. The van der Waals surface area contributed by atoms with Gasteiger partial charge in [0.05, 0.1) is 16.8 Å². The molecule has 0 N–H and O–H groups in total. The number of anilines is 1. The van der Waals surface area contributed by atoms with E-state index in [2.05, 4.69) is 22.0 Å². The second-order valence-corrected chi connectivity index (χ2v) is 8.21. The van der Waals surface area contributed by atoms with Gasteiger partial charge < -0.3 is 9.80 Å². The van der Waals surface area contributed by atoms with Gasteiger partial charge >= 0.3 is 0 Å². The molecule has 0 aliphatic carbocycles. The molecular formula is C24H24N4O. The molecule has 1 aromatic carbocycles. The smallest absolute Gasteiger partial charge is 0.253 e. The second kappa shape index (κ2) is 6.99. The summed E-state index contributed by atoms with van der Waals surface area (Å²) in [5.74, 6) is 0.116. The van der Waals surface area contributed by atoms with Crippen molar-refractivity contribution in [2.24, 2.45) is 0 Å². The van der Waals surface area contributed by atoms with Crippen LogP contribution in [0.4, 0.5) is 5.69 Å². The Morgan fingerprint density at radius 3 is 2.69 bits per heavy atom. The molecule has 1 fully saturated rings. The van der Waals surface area contributed by atoms with E-state index in [1.54, 1.807) is 6.20 Å². The van der Waals surface area contributed by atoms with Crippen LogP contribution in [-0.4, -0.2) is 40.4 Å². The van der Waals surface area contributed by atoms with E-state index in [9.17, 15) is 4.79 Å². The van der Waals surface area contributed by atoms with Crippen molar-refractivity contribution in [3.05, 3.63) is 89.5 Å². The zero-order chi connectivity index (χ0) is 19.8. The molecule has 1 amide bonds. The highest BCUT2D eigenvalue weighted by molar-refractivity contribution is 5.94. The van der Waals surface area contributed by atoms with Gasteiger partial charge in [0.15, 0.2) is 0 Å². The first-order valence-electron chi connectivity index (χ1n) is 10.1. The summed E-state index contributed by atoms with van der Waals surface area (Å²) in [5.41, 5.74) is 5.33. The van der Waals surface area contributed by atoms with Crippen molar-refractivity contribution in [1.82, 2.24) is 14.9 Å². The minimum atomic E-state index is -0.0981. The molecule has 1 spiro atoms. The van der Waals surface area contributed by atoms with E-state index in [4.69, 9.17) is 4.98 Å². The van der Waals surface area contributed by atoms with Gasteiger partial charge in [-0.05, 0) is 49.2 Å². The summed E-state index contributed by atoms with van der Waals surface area (Å²) in [4.78, 5) is 26.5. The van der Waals surface area contributed by atoms with Crippen LogP contribution < -0.4 is 4.90 Å². The Labute approximate surface area is 171 Å². The summed E-state index contributed by atoms with van der Waals surface area (Å²) in [6, 6.07) is 16.1. The Kier molecular flexibility index (Phi) is 4.31. The number of aryl methyl sites for hydroxylation is 1. The van der Waals surface area contributed by atoms with E-state index >= 15 is 0 Å². The molecule has 0 radical (unpaired) electrons. The molecule has 0 unspecified atom stereocenters. The minimum Gasteiger partial charge on any atom is -0.365 e. The number of fused-ring (bicyclic) bond motifs is 2. The van der Waals surface area contributed by atoms with Crippen molar-refractivity contribution in [2.75, 3.05) is 24.5 Å². The van der Waals surface area contributed by atoms with E-state index in [-0.39, 0.29) is 11.3 Å². The third-order valence-electron chi connectivity index (χ3n) is 6.16.